The number of aromatic nitrogens is 6. The molecule has 4 heterocycles. The molecule has 14 heteroatoms. The van der Waals surface area contributed by atoms with Gasteiger partial charge < -0.3 is 30.0 Å². The van der Waals surface area contributed by atoms with Gasteiger partial charge in [0.2, 0.25) is 0 Å². The summed E-state index contributed by atoms with van der Waals surface area (Å²) in [5.41, 5.74) is 8.01. The molecular weight excluding hydrogens is 520 g/mol. The molecule has 1 saturated heterocycles. The lowest BCUT2D eigenvalue weighted by Gasteiger charge is -2.36. The molecule has 3 aromatic heterocycles. The Labute approximate surface area is 228 Å². The Morgan fingerprint density at radius 3 is 2.60 bits per heavy atom. The summed E-state index contributed by atoms with van der Waals surface area (Å²) in [5.74, 6) is 1.13. The van der Waals surface area contributed by atoms with Crippen LogP contribution in [0.15, 0.2) is 53.7 Å². The molecule has 3 N–H and O–H groups in total. The molecule has 14 nitrogen and oxygen atoms in total. The first-order chi connectivity index (χ1) is 19.2. The van der Waals surface area contributed by atoms with Crippen molar-refractivity contribution in [1.29, 1.82) is 0 Å². The maximum Gasteiger partial charge on any atom is 0.407 e. The first-order valence-corrected chi connectivity index (χ1v) is 12.4. The number of nitrogen functional groups attached to an aromatic ring is 1. The molecule has 0 radical (unpaired) electrons. The highest BCUT2D eigenvalue weighted by Gasteiger charge is 2.29. The van der Waals surface area contributed by atoms with Crippen LogP contribution in [0.4, 0.5) is 10.6 Å². The molecule has 1 amide bonds. The van der Waals surface area contributed by atoms with Crippen LogP contribution in [0.3, 0.4) is 0 Å². The van der Waals surface area contributed by atoms with E-state index in [4.69, 9.17) is 19.9 Å². The van der Waals surface area contributed by atoms with Crippen molar-refractivity contribution >= 4 is 11.9 Å². The van der Waals surface area contributed by atoms with E-state index < -0.39 is 6.09 Å². The zero-order chi connectivity index (χ0) is 28.4. The van der Waals surface area contributed by atoms with E-state index in [9.17, 15) is 14.7 Å². The molecule has 4 aromatic rings. The van der Waals surface area contributed by atoms with Crippen molar-refractivity contribution < 1.29 is 24.1 Å². The van der Waals surface area contributed by atoms with Crippen molar-refractivity contribution in [3.63, 3.8) is 0 Å². The number of anilines is 1. The fraction of sp³-hybridized carbons (Fsp3) is 0.308. The Morgan fingerprint density at radius 1 is 1.15 bits per heavy atom. The van der Waals surface area contributed by atoms with E-state index in [1.54, 1.807) is 35.3 Å². The van der Waals surface area contributed by atoms with Crippen LogP contribution in [-0.4, -0.2) is 85.1 Å². The number of nitrogens with zero attached hydrogens (tertiary/aromatic N) is 7. The molecule has 5 rings (SSSR count). The number of carbonyl (C=O) groups is 1. The molecule has 0 aliphatic carbocycles. The molecule has 1 aliphatic rings. The normalized spacial score (nSPS) is 17.0. The van der Waals surface area contributed by atoms with Crippen LogP contribution in [-0.2, 0) is 11.3 Å². The average molecular weight is 549 g/mol. The fourth-order valence-corrected chi connectivity index (χ4v) is 4.36. The van der Waals surface area contributed by atoms with Gasteiger partial charge in [-0.3, -0.25) is 9.48 Å². The van der Waals surface area contributed by atoms with Gasteiger partial charge in [-0.05, 0) is 13.0 Å². The average Bonchev–Trinajstić information content (AvgIpc) is 3.42. The van der Waals surface area contributed by atoms with E-state index in [1.807, 2.05) is 6.92 Å². The van der Waals surface area contributed by atoms with Gasteiger partial charge in [0, 0.05) is 36.0 Å². The highest BCUT2D eigenvalue weighted by atomic mass is 16.5. The number of methoxy groups -OCH3 is 2. The van der Waals surface area contributed by atoms with Crippen molar-refractivity contribution in [2.24, 2.45) is 0 Å². The Morgan fingerprint density at radius 2 is 1.90 bits per heavy atom. The lowest BCUT2D eigenvalue weighted by molar-refractivity contribution is -0.0564. The predicted octanol–water partition coefficient (Wildman–Crippen LogP) is 1.92. The number of hydrogen-bond acceptors (Lipinski definition) is 10. The summed E-state index contributed by atoms with van der Waals surface area (Å²) in [4.78, 5) is 34.5. The van der Waals surface area contributed by atoms with Crippen LogP contribution >= 0.6 is 0 Å². The summed E-state index contributed by atoms with van der Waals surface area (Å²) in [5, 5.41) is 18.3. The monoisotopic (exact) mass is 548 g/mol. The number of nitrogens with two attached hydrogens (primary N) is 1. The van der Waals surface area contributed by atoms with Gasteiger partial charge >= 0.3 is 6.09 Å². The number of rotatable bonds is 7. The number of amides is 1. The van der Waals surface area contributed by atoms with Crippen LogP contribution in [0, 0.1) is 0 Å². The van der Waals surface area contributed by atoms with Crippen LogP contribution in [0.5, 0.6) is 11.5 Å². The summed E-state index contributed by atoms with van der Waals surface area (Å²) in [6, 6.07) is 7.69. The summed E-state index contributed by atoms with van der Waals surface area (Å²) < 4.78 is 19.3. The maximum atomic E-state index is 12.7. The highest BCUT2D eigenvalue weighted by molar-refractivity contribution is 5.70. The molecule has 40 heavy (non-hydrogen) atoms. The third-order valence-corrected chi connectivity index (χ3v) is 6.50. The molecule has 2 atom stereocenters. The van der Waals surface area contributed by atoms with E-state index in [0.29, 0.717) is 47.3 Å². The summed E-state index contributed by atoms with van der Waals surface area (Å²) in [6.07, 6.45) is 3.61. The van der Waals surface area contributed by atoms with Gasteiger partial charge in [-0.2, -0.15) is 14.9 Å². The zero-order valence-corrected chi connectivity index (χ0v) is 22.1. The van der Waals surface area contributed by atoms with Crippen molar-refractivity contribution in [3.8, 4) is 39.8 Å². The molecule has 0 bridgehead atoms. The summed E-state index contributed by atoms with van der Waals surface area (Å²) in [7, 11) is 3.03. The van der Waals surface area contributed by atoms with Crippen LogP contribution in [0.1, 0.15) is 6.92 Å². The van der Waals surface area contributed by atoms with Gasteiger partial charge in [0.15, 0.2) is 5.82 Å². The predicted molar refractivity (Wildman–Crippen MR) is 144 cm³/mol. The SMILES string of the molecule is COc1cc(OC)cc(-n2nc(-c3nc(-c4cnn(C[C@H]5CN(C(=O)O)[C@H](C)CO5)c4)cnc3N)ccc2=O)c1. The molecule has 1 fully saturated rings. The lowest BCUT2D eigenvalue weighted by atomic mass is 10.2. The Hall–Kier alpha value is -4.98. The van der Waals surface area contributed by atoms with Crippen molar-refractivity contribution in [2.45, 2.75) is 25.6 Å². The Balaban J connectivity index is 1.42. The van der Waals surface area contributed by atoms with E-state index >= 15 is 0 Å². The smallest absolute Gasteiger partial charge is 0.407 e. The third kappa shape index (κ3) is 5.42. The van der Waals surface area contributed by atoms with Gasteiger partial charge in [-0.15, -0.1) is 0 Å². The first kappa shape index (κ1) is 26.6. The number of morpholine rings is 1. The lowest BCUT2D eigenvalue weighted by Crippen LogP contribution is -2.51. The largest absolute Gasteiger partial charge is 0.497 e. The van der Waals surface area contributed by atoms with Gasteiger partial charge in [0.05, 0.1) is 69.8 Å². The zero-order valence-electron chi connectivity index (χ0n) is 22.1. The molecule has 1 aromatic carbocycles. The molecule has 208 valence electrons. The molecule has 0 spiro atoms. The third-order valence-electron chi connectivity index (χ3n) is 6.50. The molecule has 0 saturated carbocycles. The quantitative estimate of drug-likeness (QED) is 0.345. The van der Waals surface area contributed by atoms with Crippen molar-refractivity contribution in [1.82, 2.24) is 34.4 Å². The number of benzene rings is 1. The standard InChI is InChI=1S/C26H28N8O6/c1-15-14-40-20(13-33(15)26(36)37)12-32-11-16(9-29-32)22-10-28-25(27)24(30-22)21-4-5-23(35)34(31-21)17-6-18(38-2)8-19(7-17)39-3/h4-11,15,20H,12-14H2,1-3H3,(H2,27,28)(H,36,37)/t15-,20+/m1/s1. The van der Waals surface area contributed by atoms with E-state index in [2.05, 4.69) is 20.2 Å². The van der Waals surface area contributed by atoms with Crippen molar-refractivity contribution in [3.05, 3.63) is 59.3 Å². The summed E-state index contributed by atoms with van der Waals surface area (Å²) >= 11 is 0. The fourth-order valence-electron chi connectivity index (χ4n) is 4.36. The van der Waals surface area contributed by atoms with E-state index in [-0.39, 0.29) is 35.8 Å². The second kappa shape index (κ2) is 11.0. The maximum absolute atomic E-state index is 12.7. The number of ether oxygens (including phenoxy) is 3. The minimum Gasteiger partial charge on any atom is -0.497 e. The highest BCUT2D eigenvalue weighted by Crippen LogP contribution is 2.27. The molecule has 1 aliphatic heterocycles. The van der Waals surface area contributed by atoms with Crippen LogP contribution in [0.25, 0.3) is 28.3 Å². The topological polar surface area (TPSA) is 173 Å². The van der Waals surface area contributed by atoms with Crippen LogP contribution < -0.4 is 20.8 Å². The molecular formula is C26H28N8O6. The Bertz CT molecular complexity index is 1580. The van der Waals surface area contributed by atoms with Gasteiger partial charge in [-0.1, -0.05) is 0 Å². The second-order valence-corrected chi connectivity index (χ2v) is 9.22. The van der Waals surface area contributed by atoms with Gasteiger partial charge in [0.1, 0.15) is 22.9 Å². The minimum absolute atomic E-state index is 0.135. The van der Waals surface area contributed by atoms with E-state index in [0.717, 1.165) is 0 Å². The second-order valence-electron chi connectivity index (χ2n) is 9.22. The van der Waals surface area contributed by atoms with Crippen LogP contribution in [0.2, 0.25) is 0 Å². The number of hydrogen-bond donors (Lipinski definition) is 2. The van der Waals surface area contributed by atoms with Crippen molar-refractivity contribution in [2.75, 3.05) is 33.1 Å². The molecule has 0 unspecified atom stereocenters. The Kier molecular flexibility index (Phi) is 7.33. The first-order valence-electron chi connectivity index (χ1n) is 12.4. The number of carboxylic acid groups (broad SMARTS) is 1. The summed E-state index contributed by atoms with van der Waals surface area (Å²) in [6.45, 7) is 2.73. The van der Waals surface area contributed by atoms with E-state index in [1.165, 1.54) is 42.1 Å². The van der Waals surface area contributed by atoms with Gasteiger partial charge in [0.25, 0.3) is 5.56 Å². The van der Waals surface area contributed by atoms with Gasteiger partial charge in [-0.25, -0.2) is 14.8 Å². The minimum atomic E-state index is -0.975.